The monoisotopic (exact) mass is 312 g/mol. The van der Waals surface area contributed by atoms with Crippen LogP contribution in [0.4, 0.5) is 48.3 Å². The quantitative estimate of drug-likeness (QED) is 0.558. The molecule has 0 fully saturated rings. The maximum atomic E-state index is 12.8. The third kappa shape index (κ3) is 3.09. The minimum atomic E-state index is -7.04. The van der Waals surface area contributed by atoms with Crippen LogP contribution in [0.15, 0.2) is 12.7 Å². The van der Waals surface area contributed by atoms with E-state index in [0.29, 0.717) is 0 Å². The molecule has 0 amide bonds. The first-order valence-electron chi connectivity index (χ1n) is 3.93. The smallest absolute Gasteiger partial charge is 0.266 e. The lowest BCUT2D eigenvalue weighted by Gasteiger charge is -2.33. The van der Waals surface area contributed by atoms with Gasteiger partial charge in [0, 0.05) is 0 Å². The number of rotatable bonds is 4. The Labute approximate surface area is 97.2 Å². The van der Waals surface area contributed by atoms with Gasteiger partial charge in [-0.25, -0.2) is 0 Å². The van der Waals surface area contributed by atoms with E-state index in [0.717, 1.165) is 0 Å². The zero-order valence-electron chi connectivity index (χ0n) is 8.35. The SMILES string of the molecule is C=CC(F)(OC(F)(F)C(F)(F)C(F)(F)F)C(F)(F)F. The summed E-state index contributed by atoms with van der Waals surface area (Å²) in [7, 11) is 0. The fourth-order valence-corrected chi connectivity index (χ4v) is 0.631. The molecular formula is C7H3F11O. The standard InChI is InChI=1S/C7H3F11O/c1-2-3(8,5(11,12)13)19-7(17,18)4(9,10)6(14,15)16/h2H,1H2. The lowest BCUT2D eigenvalue weighted by Crippen LogP contribution is -2.58. The molecule has 0 radical (unpaired) electrons. The van der Waals surface area contributed by atoms with E-state index in [9.17, 15) is 48.3 Å². The van der Waals surface area contributed by atoms with Crippen LogP contribution in [0.5, 0.6) is 0 Å². The molecule has 0 rings (SSSR count). The fourth-order valence-electron chi connectivity index (χ4n) is 0.631. The number of hydrogen-bond donors (Lipinski definition) is 0. The van der Waals surface area contributed by atoms with Gasteiger partial charge in [0.15, 0.2) is 0 Å². The van der Waals surface area contributed by atoms with Crippen LogP contribution in [-0.2, 0) is 4.74 Å². The molecule has 0 aromatic rings. The minimum absolute atomic E-state index is 1.02. The van der Waals surface area contributed by atoms with E-state index in [-0.39, 0.29) is 0 Å². The van der Waals surface area contributed by atoms with E-state index in [1.54, 1.807) is 0 Å². The summed E-state index contributed by atoms with van der Waals surface area (Å²) >= 11 is 0. The summed E-state index contributed by atoms with van der Waals surface area (Å²) in [6.07, 6.45) is -21.1. The first kappa shape index (κ1) is 17.9. The van der Waals surface area contributed by atoms with Crippen molar-refractivity contribution in [1.82, 2.24) is 0 Å². The van der Waals surface area contributed by atoms with Gasteiger partial charge < -0.3 is 0 Å². The molecule has 12 heteroatoms. The Balaban J connectivity index is 5.55. The highest BCUT2D eigenvalue weighted by atomic mass is 19.4. The van der Waals surface area contributed by atoms with Gasteiger partial charge >= 0.3 is 30.2 Å². The first-order chi connectivity index (χ1) is 8.02. The van der Waals surface area contributed by atoms with Crippen molar-refractivity contribution in [2.45, 2.75) is 30.2 Å². The zero-order chi connectivity index (χ0) is 15.9. The second-order valence-corrected chi connectivity index (χ2v) is 3.04. The van der Waals surface area contributed by atoms with Crippen molar-refractivity contribution >= 4 is 0 Å². The molecule has 0 aromatic heterocycles. The summed E-state index contributed by atoms with van der Waals surface area (Å²) in [5, 5.41) is 0. The zero-order valence-corrected chi connectivity index (χ0v) is 8.35. The minimum Gasteiger partial charge on any atom is -0.266 e. The molecule has 0 saturated carbocycles. The summed E-state index contributed by atoms with van der Waals surface area (Å²) in [6, 6.07) is 0. The molecule has 0 bridgehead atoms. The van der Waals surface area contributed by atoms with Crippen LogP contribution >= 0.6 is 0 Å². The molecule has 1 atom stereocenters. The second kappa shape index (κ2) is 4.49. The predicted octanol–water partition coefficient (Wildman–Crippen LogP) is 4.21. The van der Waals surface area contributed by atoms with Crippen LogP contribution in [-0.4, -0.2) is 30.2 Å². The van der Waals surface area contributed by atoms with Gasteiger partial charge in [-0.1, -0.05) is 6.58 Å². The van der Waals surface area contributed by atoms with Crippen molar-refractivity contribution < 1.29 is 53.0 Å². The van der Waals surface area contributed by atoms with Gasteiger partial charge in [0.2, 0.25) is 0 Å². The Bertz CT molecular complexity index is 340. The van der Waals surface area contributed by atoms with Gasteiger partial charge in [0.25, 0.3) is 0 Å². The number of halogens is 11. The average molecular weight is 312 g/mol. The van der Waals surface area contributed by atoms with Gasteiger partial charge in [-0.15, -0.1) is 0 Å². The van der Waals surface area contributed by atoms with Crippen molar-refractivity contribution in [1.29, 1.82) is 0 Å². The molecule has 0 saturated heterocycles. The molecular weight excluding hydrogens is 309 g/mol. The van der Waals surface area contributed by atoms with Gasteiger partial charge in [-0.3, -0.25) is 4.74 Å². The summed E-state index contributed by atoms with van der Waals surface area (Å²) in [4.78, 5) is 0. The maximum absolute atomic E-state index is 12.8. The maximum Gasteiger partial charge on any atom is 0.462 e. The molecule has 0 N–H and O–H groups in total. The highest BCUT2D eigenvalue weighted by Gasteiger charge is 2.77. The van der Waals surface area contributed by atoms with Gasteiger partial charge in [-0.05, 0) is 6.08 Å². The van der Waals surface area contributed by atoms with Gasteiger partial charge in [0.1, 0.15) is 0 Å². The van der Waals surface area contributed by atoms with E-state index in [2.05, 4.69) is 0 Å². The molecule has 0 aromatic carbocycles. The Kier molecular flexibility index (Phi) is 4.24. The Morgan fingerprint density at radius 2 is 1.05 bits per heavy atom. The average Bonchev–Trinajstić information content (AvgIpc) is 2.12. The normalized spacial score (nSPS) is 18.1. The van der Waals surface area contributed by atoms with Crippen molar-refractivity contribution in [3.05, 3.63) is 12.7 Å². The van der Waals surface area contributed by atoms with Crippen LogP contribution in [0.1, 0.15) is 0 Å². The summed E-state index contributed by atoms with van der Waals surface area (Å²) in [6.45, 7) is 2.05. The van der Waals surface area contributed by atoms with E-state index in [1.165, 1.54) is 0 Å². The highest BCUT2D eigenvalue weighted by molar-refractivity contribution is 4.98. The van der Waals surface area contributed by atoms with Crippen molar-refractivity contribution in [2.75, 3.05) is 0 Å². The number of ether oxygens (including phenoxy) is 1. The summed E-state index contributed by atoms with van der Waals surface area (Å²) in [5.74, 6) is -12.6. The molecule has 1 nitrogen and oxygen atoms in total. The van der Waals surface area contributed by atoms with Crippen molar-refractivity contribution in [3.8, 4) is 0 Å². The first-order valence-corrected chi connectivity index (χ1v) is 3.93. The topological polar surface area (TPSA) is 9.23 Å². The fraction of sp³-hybridized carbons (Fsp3) is 0.714. The Morgan fingerprint density at radius 3 is 1.26 bits per heavy atom. The highest BCUT2D eigenvalue weighted by Crippen LogP contribution is 2.51. The molecule has 19 heavy (non-hydrogen) atoms. The molecule has 0 heterocycles. The molecule has 1 unspecified atom stereocenters. The lowest BCUT2D eigenvalue weighted by atomic mass is 10.2. The van der Waals surface area contributed by atoms with Crippen LogP contribution in [0.2, 0.25) is 0 Å². The lowest BCUT2D eigenvalue weighted by molar-refractivity contribution is -0.473. The largest absolute Gasteiger partial charge is 0.462 e. The van der Waals surface area contributed by atoms with Crippen molar-refractivity contribution in [2.24, 2.45) is 0 Å². The number of hydrogen-bond acceptors (Lipinski definition) is 1. The van der Waals surface area contributed by atoms with E-state index < -0.39 is 36.3 Å². The second-order valence-electron chi connectivity index (χ2n) is 3.04. The summed E-state index contributed by atoms with van der Waals surface area (Å²) < 4.78 is 134. The molecule has 0 aliphatic rings. The third-order valence-corrected chi connectivity index (χ3v) is 1.65. The number of alkyl halides is 11. The van der Waals surface area contributed by atoms with Gasteiger partial charge in [-0.2, -0.15) is 48.3 Å². The Hall–Kier alpha value is -1.07. The Morgan fingerprint density at radius 1 is 0.684 bits per heavy atom. The van der Waals surface area contributed by atoms with E-state index >= 15 is 0 Å². The van der Waals surface area contributed by atoms with Crippen LogP contribution < -0.4 is 0 Å². The summed E-state index contributed by atoms with van der Waals surface area (Å²) in [5.41, 5.74) is 0. The van der Waals surface area contributed by atoms with Crippen LogP contribution in [0.25, 0.3) is 0 Å². The van der Waals surface area contributed by atoms with Crippen molar-refractivity contribution in [3.63, 3.8) is 0 Å². The predicted molar refractivity (Wildman–Crippen MR) is 37.1 cm³/mol. The molecule has 0 aliphatic heterocycles. The third-order valence-electron chi connectivity index (χ3n) is 1.65. The molecule has 0 aliphatic carbocycles. The van der Waals surface area contributed by atoms with E-state index in [4.69, 9.17) is 0 Å². The molecule has 0 spiro atoms. The van der Waals surface area contributed by atoms with Gasteiger partial charge in [0.05, 0.1) is 0 Å². The van der Waals surface area contributed by atoms with Crippen LogP contribution in [0, 0.1) is 0 Å². The van der Waals surface area contributed by atoms with E-state index in [1.807, 2.05) is 11.3 Å². The van der Waals surface area contributed by atoms with Crippen LogP contribution in [0.3, 0.4) is 0 Å². The molecule has 114 valence electrons.